The van der Waals surface area contributed by atoms with E-state index in [4.69, 9.17) is 17.3 Å². The van der Waals surface area contributed by atoms with Crippen LogP contribution >= 0.6 is 11.6 Å². The highest BCUT2D eigenvalue weighted by atomic mass is 35.5. The molecule has 0 radical (unpaired) electrons. The molecule has 250 valence electrons. The molecular weight excluding hydrogens is 653 g/mol. The van der Waals surface area contributed by atoms with Crippen LogP contribution < -0.4 is 16.4 Å². The van der Waals surface area contributed by atoms with Crippen molar-refractivity contribution >= 4 is 46.5 Å². The number of primary amides is 1. The molecule has 0 spiro atoms. The molecule has 3 aliphatic rings. The summed E-state index contributed by atoms with van der Waals surface area (Å²) in [6.07, 6.45) is -6.69. The molecule has 5 rings (SSSR count). The number of nitrogens with one attached hydrogen (secondary N) is 2. The third-order valence-corrected chi connectivity index (χ3v) is 9.15. The summed E-state index contributed by atoms with van der Waals surface area (Å²) in [7, 11) is 2.81. The van der Waals surface area contributed by atoms with Gasteiger partial charge in [0, 0.05) is 16.5 Å². The van der Waals surface area contributed by atoms with Gasteiger partial charge in [-0.1, -0.05) is 24.6 Å². The predicted octanol–water partition coefficient (Wildman–Crippen LogP) is 2.97. The predicted molar refractivity (Wildman–Crippen MR) is 159 cm³/mol. The minimum Gasteiger partial charge on any atom is -0.510 e. The van der Waals surface area contributed by atoms with Crippen molar-refractivity contribution in [2.45, 2.75) is 36.8 Å². The van der Waals surface area contributed by atoms with Crippen molar-refractivity contribution in [3.05, 3.63) is 74.7 Å². The molecule has 0 unspecified atom stereocenters. The zero-order chi connectivity index (χ0) is 35.1. The zero-order valence-corrected chi connectivity index (χ0v) is 25.4. The van der Waals surface area contributed by atoms with Gasteiger partial charge in [0.25, 0.3) is 5.91 Å². The van der Waals surface area contributed by atoms with Crippen LogP contribution in [0.2, 0.25) is 5.02 Å². The zero-order valence-electron chi connectivity index (χ0n) is 24.7. The molecule has 47 heavy (non-hydrogen) atoms. The van der Waals surface area contributed by atoms with Crippen molar-refractivity contribution in [1.29, 1.82) is 0 Å². The van der Waals surface area contributed by atoms with E-state index in [1.54, 1.807) is 0 Å². The Labute approximate surface area is 268 Å². The maximum Gasteiger partial charge on any atom is 0.418 e. The molecule has 0 heterocycles. The molecule has 2 aromatic carbocycles. The maximum absolute atomic E-state index is 14.0. The number of halogens is 4. The van der Waals surface area contributed by atoms with Crippen LogP contribution in [0.4, 0.5) is 29.3 Å². The quantitative estimate of drug-likeness (QED) is 0.174. The van der Waals surface area contributed by atoms with Crippen LogP contribution in [0.25, 0.3) is 0 Å². The minimum atomic E-state index is -4.89. The molecule has 13 nitrogen and oxygen atoms in total. The Balaban J connectivity index is 1.58. The fraction of sp³-hybridized carbons (Fsp3) is 0.333. The number of nitrogens with zero attached hydrogens (tertiary/aromatic N) is 1. The van der Waals surface area contributed by atoms with E-state index in [0.717, 1.165) is 18.2 Å². The summed E-state index contributed by atoms with van der Waals surface area (Å²) in [5.41, 5.74) is -2.30. The Bertz CT molecular complexity index is 1830. The second-order valence-electron chi connectivity index (χ2n) is 11.7. The molecule has 0 fully saturated rings. The summed E-state index contributed by atoms with van der Waals surface area (Å²) in [6.45, 7) is 1.51. The van der Waals surface area contributed by atoms with Gasteiger partial charge in [-0.05, 0) is 49.8 Å². The highest BCUT2D eigenvalue weighted by molar-refractivity contribution is 6.30. The van der Waals surface area contributed by atoms with Gasteiger partial charge >= 0.3 is 12.2 Å². The number of aliphatic hydroxyl groups excluding tert-OH is 3. The second-order valence-corrected chi connectivity index (χ2v) is 12.2. The highest BCUT2D eigenvalue weighted by Gasteiger charge is 2.67. The SMILES string of the molecule is C[C@H]1c2ccc(NC(=O)Nc3ccc(Cl)cc3C(F)(F)F)c(O)c2C(=O)C2=C(O)[C@]3(O)C(=O)C(C(N)=O)=C(O)[C@@H](N(C)C)[C@@H]3[C@@H](O)[C@@H]21. The first-order valence-corrected chi connectivity index (χ1v) is 14.3. The number of urea groups is 1. The van der Waals surface area contributed by atoms with Crippen LogP contribution in [0.3, 0.4) is 0 Å². The average Bonchev–Trinajstić information content (AvgIpc) is 2.96. The molecule has 0 saturated heterocycles. The molecule has 17 heteroatoms. The normalized spacial score (nSPS) is 27.3. The number of anilines is 2. The lowest BCUT2D eigenvalue weighted by molar-refractivity contribution is -0.162. The van der Waals surface area contributed by atoms with Crippen LogP contribution in [-0.4, -0.2) is 85.8 Å². The molecule has 3 aliphatic carbocycles. The first-order chi connectivity index (χ1) is 21.7. The van der Waals surface area contributed by atoms with Crippen LogP contribution in [0, 0.1) is 11.8 Å². The average molecular weight is 681 g/mol. The van der Waals surface area contributed by atoms with Gasteiger partial charge in [0.2, 0.25) is 5.78 Å². The smallest absolute Gasteiger partial charge is 0.418 e. The van der Waals surface area contributed by atoms with Crippen molar-refractivity contribution in [2.24, 2.45) is 17.6 Å². The van der Waals surface area contributed by atoms with Gasteiger partial charge in [0.05, 0.1) is 40.6 Å². The number of carbonyl (C=O) groups is 4. The van der Waals surface area contributed by atoms with Gasteiger partial charge in [-0.2, -0.15) is 13.2 Å². The first kappa shape index (κ1) is 33.7. The lowest BCUT2D eigenvalue weighted by Gasteiger charge is -2.53. The van der Waals surface area contributed by atoms with Crippen LogP contribution in [-0.2, 0) is 15.8 Å². The Morgan fingerprint density at radius 1 is 1.04 bits per heavy atom. The second kappa shape index (κ2) is 11.3. The maximum atomic E-state index is 14.0. The van der Waals surface area contributed by atoms with E-state index in [1.165, 1.54) is 32.0 Å². The molecule has 0 aliphatic heterocycles. The summed E-state index contributed by atoms with van der Waals surface area (Å²) < 4.78 is 40.5. The molecule has 0 aromatic heterocycles. The Kier molecular flexibility index (Phi) is 8.08. The van der Waals surface area contributed by atoms with Crippen molar-refractivity contribution in [2.75, 3.05) is 24.7 Å². The van der Waals surface area contributed by atoms with Gasteiger partial charge in [0.15, 0.2) is 17.1 Å². The van der Waals surface area contributed by atoms with E-state index in [1.807, 2.05) is 5.32 Å². The van der Waals surface area contributed by atoms with E-state index in [2.05, 4.69) is 5.32 Å². The van der Waals surface area contributed by atoms with Gasteiger partial charge in [-0.25, -0.2) is 4.79 Å². The number of nitrogens with two attached hydrogens (primary N) is 1. The summed E-state index contributed by atoms with van der Waals surface area (Å²) in [4.78, 5) is 53.6. The van der Waals surface area contributed by atoms with Gasteiger partial charge < -0.3 is 41.9 Å². The lowest BCUT2D eigenvalue weighted by Crippen LogP contribution is -2.68. The number of hydrogen-bond donors (Lipinski definition) is 8. The van der Waals surface area contributed by atoms with E-state index < -0.39 is 116 Å². The number of amides is 3. The molecule has 9 N–H and O–H groups in total. The molecule has 3 amide bonds. The number of aromatic hydroxyl groups is 1. The van der Waals surface area contributed by atoms with Crippen molar-refractivity contribution in [3.63, 3.8) is 0 Å². The monoisotopic (exact) mass is 680 g/mol. The van der Waals surface area contributed by atoms with Crippen molar-refractivity contribution < 1.29 is 57.9 Å². The largest absolute Gasteiger partial charge is 0.510 e. The molecule has 0 saturated carbocycles. The molecule has 0 bridgehead atoms. The topological polar surface area (TPSA) is 223 Å². The lowest BCUT2D eigenvalue weighted by atomic mass is 9.55. The van der Waals surface area contributed by atoms with Gasteiger partial charge in [0.1, 0.15) is 17.1 Å². The van der Waals surface area contributed by atoms with Crippen LogP contribution in [0.15, 0.2) is 53.0 Å². The Morgan fingerprint density at radius 3 is 2.21 bits per heavy atom. The van der Waals surface area contributed by atoms with E-state index in [0.29, 0.717) is 6.07 Å². The van der Waals surface area contributed by atoms with Gasteiger partial charge in [-0.15, -0.1) is 0 Å². The highest BCUT2D eigenvalue weighted by Crippen LogP contribution is 2.56. The number of hydrogen-bond acceptors (Lipinski definition) is 10. The van der Waals surface area contributed by atoms with Gasteiger partial charge in [-0.3, -0.25) is 19.3 Å². The molecule has 2 aromatic rings. The van der Waals surface area contributed by atoms with Crippen LogP contribution in [0.5, 0.6) is 5.75 Å². The number of phenols is 1. The standard InChI is InChI=1S/C30H28ClF3N4O9/c1-9-11-5-7-14(37-28(46)36-13-6-4-10(31)8-12(13)30(32,33)34)21(39)16(11)22(40)17-15(9)23(41)19-20(38(2)3)24(42)18(27(35)45)26(44)29(19,47)25(17)43/h4-9,15,19-20,23,39,41-43,47H,1-3H3,(H2,35,45)(H2,36,37,46)/t9-,15+,19+,20-,23-,29-/m0/s1. The van der Waals surface area contributed by atoms with E-state index >= 15 is 0 Å². The number of carbonyl (C=O) groups excluding carboxylic acids is 4. The summed E-state index contributed by atoms with van der Waals surface area (Å²) in [6, 6.07) is 2.40. The third-order valence-electron chi connectivity index (χ3n) is 8.91. The van der Waals surface area contributed by atoms with Crippen molar-refractivity contribution in [1.82, 2.24) is 4.90 Å². The van der Waals surface area contributed by atoms with E-state index in [-0.39, 0.29) is 10.6 Å². The number of fused-ring (bicyclic) bond motifs is 3. The molecular formula is C30H28ClF3N4O9. The summed E-state index contributed by atoms with van der Waals surface area (Å²) >= 11 is 5.67. The number of Topliss-reactive ketones (excluding diaryl/α,β-unsaturated/α-hetero) is 2. The first-order valence-electron chi connectivity index (χ1n) is 13.9. The fourth-order valence-electron chi connectivity index (χ4n) is 6.86. The number of rotatable bonds is 4. The van der Waals surface area contributed by atoms with E-state index in [9.17, 15) is 57.9 Å². The number of aliphatic hydroxyl groups is 4. The summed E-state index contributed by atoms with van der Waals surface area (Å²) in [5.74, 6) is -11.1. The number of benzene rings is 2. The summed E-state index contributed by atoms with van der Waals surface area (Å²) in [5, 5.41) is 60.8. The fourth-order valence-corrected chi connectivity index (χ4v) is 7.03. The minimum absolute atomic E-state index is 0.114. The number of alkyl halides is 3. The Morgan fingerprint density at radius 2 is 1.64 bits per heavy atom. The van der Waals surface area contributed by atoms with Crippen LogP contribution in [0.1, 0.15) is 34.3 Å². The third kappa shape index (κ3) is 4.99. The van der Waals surface area contributed by atoms with Crippen molar-refractivity contribution in [3.8, 4) is 5.75 Å². The number of phenolic OH excluding ortho intramolecular Hbond substituents is 1. The Hall–Kier alpha value is -4.64. The number of ketones is 2. The molecule has 6 atom stereocenters. The number of likely N-dealkylation sites (N-methyl/N-ethyl adjacent to an activating group) is 1.